The average Bonchev–Trinajstić information content (AvgIpc) is 2.35. The molecule has 0 bridgehead atoms. The van der Waals surface area contributed by atoms with Gasteiger partial charge in [-0.1, -0.05) is 40.5 Å². The van der Waals surface area contributed by atoms with Crippen molar-refractivity contribution in [1.29, 1.82) is 0 Å². The van der Waals surface area contributed by atoms with E-state index in [9.17, 15) is 13.2 Å². The zero-order chi connectivity index (χ0) is 15.2. The monoisotopic (exact) mass is 351 g/mol. The fraction of sp³-hybridized carbons (Fsp3) is 0.600. The maximum Gasteiger partial charge on any atom is 0.389 e. The zero-order valence-electron chi connectivity index (χ0n) is 11.9. The van der Waals surface area contributed by atoms with Crippen LogP contribution in [0.5, 0.6) is 0 Å². The van der Waals surface area contributed by atoms with E-state index in [2.05, 4.69) is 21.2 Å². The van der Waals surface area contributed by atoms with Crippen molar-refractivity contribution in [2.45, 2.75) is 51.7 Å². The van der Waals surface area contributed by atoms with Crippen LogP contribution in [0.2, 0.25) is 0 Å². The molecule has 1 aromatic carbocycles. The van der Waals surface area contributed by atoms with E-state index < -0.39 is 12.6 Å². The van der Waals surface area contributed by atoms with Gasteiger partial charge < -0.3 is 5.32 Å². The number of halogens is 4. The highest BCUT2D eigenvalue weighted by atomic mass is 79.9. The molecule has 114 valence electrons. The molecule has 0 fully saturated rings. The topological polar surface area (TPSA) is 12.0 Å². The largest absolute Gasteiger partial charge is 0.389 e. The Kier molecular flexibility index (Phi) is 7.03. The summed E-state index contributed by atoms with van der Waals surface area (Å²) in [4.78, 5) is 0. The van der Waals surface area contributed by atoms with E-state index in [1.165, 1.54) is 0 Å². The zero-order valence-corrected chi connectivity index (χ0v) is 13.4. The molecule has 1 unspecified atom stereocenters. The van der Waals surface area contributed by atoms with Crippen LogP contribution in [0, 0.1) is 6.92 Å². The highest BCUT2D eigenvalue weighted by molar-refractivity contribution is 9.10. The van der Waals surface area contributed by atoms with Gasteiger partial charge in [0.05, 0.1) is 0 Å². The summed E-state index contributed by atoms with van der Waals surface area (Å²) in [5.74, 6) is 0. The molecular formula is C15H21BrF3N. The molecule has 20 heavy (non-hydrogen) atoms. The smallest absolute Gasteiger partial charge is 0.310 e. The van der Waals surface area contributed by atoms with Crippen molar-refractivity contribution in [2.75, 3.05) is 6.54 Å². The lowest BCUT2D eigenvalue weighted by molar-refractivity contribution is -0.135. The molecule has 1 rings (SSSR count). The van der Waals surface area contributed by atoms with E-state index in [1.807, 2.05) is 32.0 Å². The Labute approximate surface area is 127 Å². The molecule has 0 saturated carbocycles. The molecule has 1 nitrogen and oxygen atoms in total. The minimum atomic E-state index is -4.07. The maximum atomic E-state index is 12.3. The Bertz CT molecular complexity index is 418. The fourth-order valence-electron chi connectivity index (χ4n) is 2.12. The van der Waals surface area contributed by atoms with Crippen LogP contribution in [0.15, 0.2) is 22.7 Å². The maximum absolute atomic E-state index is 12.3. The highest BCUT2D eigenvalue weighted by Gasteiger charge is 2.27. The Balaban J connectivity index is 2.75. The number of nitrogens with one attached hydrogen (secondary N) is 1. The molecular weight excluding hydrogens is 331 g/mol. The SMILES string of the molecule is CCCNC(CCCC(F)(F)F)c1cc(C)ccc1Br. The van der Waals surface area contributed by atoms with Gasteiger partial charge in [-0.3, -0.25) is 0 Å². The van der Waals surface area contributed by atoms with Gasteiger partial charge in [0, 0.05) is 16.9 Å². The van der Waals surface area contributed by atoms with Crippen LogP contribution in [0.1, 0.15) is 49.8 Å². The molecule has 1 N–H and O–H groups in total. The van der Waals surface area contributed by atoms with Crippen LogP contribution in [-0.4, -0.2) is 12.7 Å². The van der Waals surface area contributed by atoms with E-state index in [1.54, 1.807) is 0 Å². The molecule has 0 saturated heterocycles. The van der Waals surface area contributed by atoms with Crippen LogP contribution in [0.3, 0.4) is 0 Å². The molecule has 0 heterocycles. The van der Waals surface area contributed by atoms with Crippen molar-refractivity contribution in [3.05, 3.63) is 33.8 Å². The van der Waals surface area contributed by atoms with Crippen LogP contribution in [-0.2, 0) is 0 Å². The number of hydrogen-bond donors (Lipinski definition) is 1. The second-order valence-corrected chi connectivity index (χ2v) is 5.89. The molecule has 0 amide bonds. The summed E-state index contributed by atoms with van der Waals surface area (Å²) < 4.78 is 37.8. The predicted molar refractivity (Wildman–Crippen MR) is 79.8 cm³/mol. The number of benzene rings is 1. The van der Waals surface area contributed by atoms with Gasteiger partial charge in [0.1, 0.15) is 0 Å². The first-order valence-corrected chi connectivity index (χ1v) is 7.69. The van der Waals surface area contributed by atoms with Gasteiger partial charge in [0.15, 0.2) is 0 Å². The molecule has 0 spiro atoms. The summed E-state index contributed by atoms with van der Waals surface area (Å²) in [6.07, 6.45) is -3.20. The second-order valence-electron chi connectivity index (χ2n) is 5.04. The molecule has 1 atom stereocenters. The Morgan fingerprint density at radius 2 is 2.00 bits per heavy atom. The summed E-state index contributed by atoms with van der Waals surface area (Å²) in [6, 6.07) is 5.94. The summed E-state index contributed by atoms with van der Waals surface area (Å²) in [6.45, 7) is 4.84. The van der Waals surface area contributed by atoms with Gasteiger partial charge in [0.2, 0.25) is 0 Å². The summed E-state index contributed by atoms with van der Waals surface area (Å²) in [5.41, 5.74) is 2.16. The van der Waals surface area contributed by atoms with Gasteiger partial charge in [-0.05, 0) is 44.4 Å². The minimum Gasteiger partial charge on any atom is -0.310 e. The van der Waals surface area contributed by atoms with E-state index in [0.717, 1.165) is 28.6 Å². The third-order valence-corrected chi connectivity index (χ3v) is 3.84. The third-order valence-electron chi connectivity index (χ3n) is 3.12. The van der Waals surface area contributed by atoms with Crippen molar-refractivity contribution in [1.82, 2.24) is 5.32 Å². The quantitative estimate of drug-likeness (QED) is 0.680. The Morgan fingerprint density at radius 1 is 1.30 bits per heavy atom. The first-order chi connectivity index (χ1) is 9.33. The van der Waals surface area contributed by atoms with E-state index >= 15 is 0 Å². The van der Waals surface area contributed by atoms with Crippen LogP contribution >= 0.6 is 15.9 Å². The van der Waals surface area contributed by atoms with Crippen LogP contribution < -0.4 is 5.32 Å². The minimum absolute atomic E-state index is 0.0356. The molecule has 0 aliphatic rings. The first-order valence-electron chi connectivity index (χ1n) is 6.89. The number of aryl methyl sites for hydroxylation is 1. The van der Waals surface area contributed by atoms with Crippen molar-refractivity contribution < 1.29 is 13.2 Å². The molecule has 0 aromatic heterocycles. The number of hydrogen-bond acceptors (Lipinski definition) is 1. The lowest BCUT2D eigenvalue weighted by Gasteiger charge is -2.21. The van der Waals surface area contributed by atoms with Crippen molar-refractivity contribution in [2.24, 2.45) is 0 Å². The van der Waals surface area contributed by atoms with Gasteiger partial charge in [-0.2, -0.15) is 13.2 Å². The van der Waals surface area contributed by atoms with Gasteiger partial charge in [-0.15, -0.1) is 0 Å². The van der Waals surface area contributed by atoms with Crippen molar-refractivity contribution in [3.63, 3.8) is 0 Å². The van der Waals surface area contributed by atoms with Gasteiger partial charge in [0.25, 0.3) is 0 Å². The normalized spacial score (nSPS) is 13.5. The van der Waals surface area contributed by atoms with E-state index in [-0.39, 0.29) is 12.5 Å². The van der Waals surface area contributed by atoms with Crippen molar-refractivity contribution in [3.8, 4) is 0 Å². The average molecular weight is 352 g/mol. The van der Waals surface area contributed by atoms with Gasteiger partial charge in [-0.25, -0.2) is 0 Å². The lowest BCUT2D eigenvalue weighted by Crippen LogP contribution is -2.23. The Hall–Kier alpha value is -0.550. The molecule has 0 aliphatic heterocycles. The molecule has 1 aromatic rings. The van der Waals surface area contributed by atoms with Gasteiger partial charge >= 0.3 is 6.18 Å². The predicted octanol–water partition coefficient (Wildman–Crippen LogP) is 5.53. The molecule has 0 aliphatic carbocycles. The fourth-order valence-corrected chi connectivity index (χ4v) is 2.65. The number of rotatable bonds is 7. The highest BCUT2D eigenvalue weighted by Crippen LogP contribution is 2.30. The Morgan fingerprint density at radius 3 is 2.60 bits per heavy atom. The third kappa shape index (κ3) is 6.27. The van der Waals surface area contributed by atoms with Crippen LogP contribution in [0.25, 0.3) is 0 Å². The summed E-state index contributed by atoms with van der Waals surface area (Å²) in [5, 5.41) is 3.34. The molecule has 0 radical (unpaired) electrons. The van der Waals surface area contributed by atoms with Crippen LogP contribution in [0.4, 0.5) is 13.2 Å². The first kappa shape index (κ1) is 17.5. The summed E-state index contributed by atoms with van der Waals surface area (Å²) in [7, 11) is 0. The standard InChI is InChI=1S/C15H21BrF3N/c1-3-9-20-14(5-4-8-15(17,18)19)12-10-11(2)6-7-13(12)16/h6-7,10,14,20H,3-5,8-9H2,1-2H3. The second kappa shape index (κ2) is 8.03. The molecule has 5 heteroatoms. The van der Waals surface area contributed by atoms with E-state index in [0.29, 0.717) is 6.42 Å². The lowest BCUT2D eigenvalue weighted by atomic mass is 9.99. The van der Waals surface area contributed by atoms with E-state index in [4.69, 9.17) is 0 Å². The number of alkyl halides is 3. The summed E-state index contributed by atoms with van der Waals surface area (Å²) >= 11 is 3.49. The van der Waals surface area contributed by atoms with Crippen molar-refractivity contribution >= 4 is 15.9 Å².